The highest BCUT2D eigenvalue weighted by atomic mass is 32.1. The Kier molecular flexibility index (Phi) is 5.38. The molecule has 0 N–H and O–H groups in total. The van der Waals surface area contributed by atoms with Gasteiger partial charge in [-0.05, 0) is 50.1 Å². The van der Waals surface area contributed by atoms with Crippen LogP contribution in [0.1, 0.15) is 36.6 Å². The first-order valence-electron chi connectivity index (χ1n) is 10.6. The summed E-state index contributed by atoms with van der Waals surface area (Å²) in [6.07, 6.45) is 1.81. The monoisotopic (exact) mass is 462 g/mol. The van der Waals surface area contributed by atoms with Gasteiger partial charge >= 0.3 is 5.97 Å². The van der Waals surface area contributed by atoms with E-state index in [0.717, 1.165) is 16.7 Å². The molecule has 1 atom stereocenters. The second-order valence-corrected chi connectivity index (χ2v) is 8.83. The van der Waals surface area contributed by atoms with Gasteiger partial charge in [-0.2, -0.15) is 0 Å². The number of hydrogen-bond acceptors (Lipinski definition) is 7. The number of carbonyl (C=O) groups is 1. The first-order chi connectivity index (χ1) is 16.0. The molecule has 3 aromatic rings. The van der Waals surface area contributed by atoms with Crippen LogP contribution in [0.15, 0.2) is 63.5 Å². The fourth-order valence-corrected chi connectivity index (χ4v) is 5.06. The number of carbonyl (C=O) groups excluding carboxylic acids is 1. The third-order valence-electron chi connectivity index (χ3n) is 5.60. The van der Waals surface area contributed by atoms with Crippen molar-refractivity contribution in [3.63, 3.8) is 0 Å². The van der Waals surface area contributed by atoms with Crippen molar-refractivity contribution >= 4 is 23.4 Å². The average Bonchev–Trinajstić information content (AvgIpc) is 3.37. The van der Waals surface area contributed by atoms with E-state index in [-0.39, 0.29) is 19.0 Å². The highest BCUT2D eigenvalue weighted by molar-refractivity contribution is 7.07. The van der Waals surface area contributed by atoms with Crippen molar-refractivity contribution in [1.82, 2.24) is 4.57 Å². The molecule has 0 saturated heterocycles. The number of aryl methyl sites for hydroxylation is 1. The van der Waals surface area contributed by atoms with Crippen LogP contribution in [0.5, 0.6) is 11.5 Å². The molecule has 0 spiro atoms. The Morgan fingerprint density at radius 3 is 2.70 bits per heavy atom. The molecule has 0 fully saturated rings. The van der Waals surface area contributed by atoms with Crippen molar-refractivity contribution in [1.29, 1.82) is 0 Å². The third kappa shape index (κ3) is 3.76. The fourth-order valence-electron chi connectivity index (χ4n) is 4.01. The van der Waals surface area contributed by atoms with Crippen LogP contribution in [0.3, 0.4) is 0 Å². The maximum atomic E-state index is 13.6. The molecular formula is C25H22N2O5S. The van der Waals surface area contributed by atoms with Crippen molar-refractivity contribution in [2.24, 2.45) is 4.99 Å². The highest BCUT2D eigenvalue weighted by Crippen LogP contribution is 2.33. The van der Waals surface area contributed by atoms with Crippen molar-refractivity contribution in [2.45, 2.75) is 26.8 Å². The van der Waals surface area contributed by atoms with Crippen LogP contribution in [0, 0.1) is 6.92 Å². The number of rotatable bonds is 4. The van der Waals surface area contributed by atoms with E-state index < -0.39 is 12.0 Å². The van der Waals surface area contributed by atoms with Gasteiger partial charge in [0.25, 0.3) is 5.56 Å². The van der Waals surface area contributed by atoms with Crippen LogP contribution in [0.4, 0.5) is 0 Å². The number of thiazole rings is 1. The van der Waals surface area contributed by atoms with Crippen molar-refractivity contribution in [3.05, 3.63) is 90.1 Å². The minimum Gasteiger partial charge on any atom is -0.463 e. The molecule has 0 radical (unpaired) electrons. The molecule has 2 aliphatic rings. The second-order valence-electron chi connectivity index (χ2n) is 7.83. The van der Waals surface area contributed by atoms with Gasteiger partial charge in [0.05, 0.1) is 28.5 Å². The van der Waals surface area contributed by atoms with Crippen molar-refractivity contribution < 1.29 is 19.0 Å². The van der Waals surface area contributed by atoms with Gasteiger partial charge < -0.3 is 14.2 Å². The SMILES string of the molecule is CCOC(=O)C1=C(C)N=c2s/c(=C/c3ccc4c(c3)OCO4)c(=O)n2C1c1ccc(C)cc1. The predicted octanol–water partition coefficient (Wildman–Crippen LogP) is 2.84. The summed E-state index contributed by atoms with van der Waals surface area (Å²) in [6, 6.07) is 12.7. The van der Waals surface area contributed by atoms with E-state index in [1.807, 2.05) is 49.4 Å². The molecule has 5 rings (SSSR count). The Bertz CT molecular complexity index is 1460. The lowest BCUT2D eigenvalue weighted by molar-refractivity contribution is -0.139. The smallest absolute Gasteiger partial charge is 0.338 e. The maximum Gasteiger partial charge on any atom is 0.338 e. The molecule has 1 aromatic heterocycles. The molecule has 0 amide bonds. The fraction of sp³-hybridized carbons (Fsp3) is 0.240. The summed E-state index contributed by atoms with van der Waals surface area (Å²) in [5, 5.41) is 0. The summed E-state index contributed by atoms with van der Waals surface area (Å²) in [6.45, 7) is 5.96. The number of fused-ring (bicyclic) bond motifs is 2. The lowest BCUT2D eigenvalue weighted by Gasteiger charge is -2.24. The van der Waals surface area contributed by atoms with E-state index in [1.165, 1.54) is 11.3 Å². The van der Waals surface area contributed by atoms with Gasteiger partial charge in [0, 0.05) is 0 Å². The van der Waals surface area contributed by atoms with Crippen LogP contribution in [-0.4, -0.2) is 23.9 Å². The molecule has 0 aliphatic carbocycles. The van der Waals surface area contributed by atoms with Crippen LogP contribution < -0.4 is 24.4 Å². The van der Waals surface area contributed by atoms with Gasteiger partial charge in [-0.15, -0.1) is 0 Å². The Labute approximate surface area is 193 Å². The molecule has 0 saturated carbocycles. The molecular weight excluding hydrogens is 440 g/mol. The average molecular weight is 463 g/mol. The number of esters is 1. The minimum atomic E-state index is -0.611. The summed E-state index contributed by atoms with van der Waals surface area (Å²) in [5.74, 6) is 0.867. The molecule has 8 heteroatoms. The lowest BCUT2D eigenvalue weighted by atomic mass is 9.95. The Morgan fingerprint density at radius 2 is 1.94 bits per heavy atom. The molecule has 1 unspecified atom stereocenters. The molecule has 168 valence electrons. The van der Waals surface area contributed by atoms with Gasteiger partial charge in [0.2, 0.25) is 6.79 Å². The van der Waals surface area contributed by atoms with E-state index in [4.69, 9.17) is 14.2 Å². The van der Waals surface area contributed by atoms with Gasteiger partial charge in [-0.3, -0.25) is 9.36 Å². The summed E-state index contributed by atoms with van der Waals surface area (Å²) in [4.78, 5) is 31.6. The zero-order valence-electron chi connectivity index (χ0n) is 18.5. The number of allylic oxidation sites excluding steroid dienone is 1. The first kappa shape index (κ1) is 21.2. The first-order valence-corrected chi connectivity index (χ1v) is 11.4. The zero-order chi connectivity index (χ0) is 23.1. The van der Waals surface area contributed by atoms with Crippen molar-refractivity contribution in [2.75, 3.05) is 13.4 Å². The maximum absolute atomic E-state index is 13.6. The lowest BCUT2D eigenvalue weighted by Crippen LogP contribution is -2.39. The highest BCUT2D eigenvalue weighted by Gasteiger charge is 2.33. The van der Waals surface area contributed by atoms with Crippen LogP contribution in [0.2, 0.25) is 0 Å². The Balaban J connectivity index is 1.69. The van der Waals surface area contributed by atoms with E-state index >= 15 is 0 Å². The molecule has 7 nitrogen and oxygen atoms in total. The zero-order valence-corrected chi connectivity index (χ0v) is 19.3. The van der Waals surface area contributed by atoms with E-state index in [9.17, 15) is 9.59 Å². The van der Waals surface area contributed by atoms with E-state index in [2.05, 4.69) is 4.99 Å². The number of nitrogens with zero attached hydrogens (tertiary/aromatic N) is 2. The molecule has 2 aliphatic heterocycles. The summed E-state index contributed by atoms with van der Waals surface area (Å²) >= 11 is 1.29. The predicted molar refractivity (Wildman–Crippen MR) is 124 cm³/mol. The number of aromatic nitrogens is 1. The van der Waals surface area contributed by atoms with Gasteiger partial charge in [-0.25, -0.2) is 9.79 Å². The van der Waals surface area contributed by atoms with Crippen LogP contribution >= 0.6 is 11.3 Å². The van der Waals surface area contributed by atoms with Crippen LogP contribution in [-0.2, 0) is 9.53 Å². The van der Waals surface area contributed by atoms with Gasteiger partial charge in [0.15, 0.2) is 16.3 Å². The normalized spacial score (nSPS) is 17.1. The number of benzene rings is 2. The summed E-state index contributed by atoms with van der Waals surface area (Å²) in [7, 11) is 0. The molecule has 2 aromatic carbocycles. The number of ether oxygens (including phenoxy) is 3. The van der Waals surface area contributed by atoms with E-state index in [0.29, 0.717) is 32.1 Å². The molecule has 3 heterocycles. The Morgan fingerprint density at radius 1 is 1.18 bits per heavy atom. The standard InChI is InChI=1S/C25H22N2O5S/c1-4-30-24(29)21-15(3)26-25-27(22(21)17-8-5-14(2)6-9-17)23(28)20(33-25)12-16-7-10-18-19(11-16)32-13-31-18/h5-12,22H,4,13H2,1-3H3/b20-12+. The quantitative estimate of drug-likeness (QED) is 0.557. The van der Waals surface area contributed by atoms with Crippen molar-refractivity contribution in [3.8, 4) is 11.5 Å². The van der Waals surface area contributed by atoms with Gasteiger partial charge in [-0.1, -0.05) is 47.2 Å². The third-order valence-corrected chi connectivity index (χ3v) is 6.59. The minimum absolute atomic E-state index is 0.188. The summed E-state index contributed by atoms with van der Waals surface area (Å²) < 4.78 is 18.3. The molecule has 0 bridgehead atoms. The second kappa shape index (κ2) is 8.37. The largest absolute Gasteiger partial charge is 0.463 e. The topological polar surface area (TPSA) is 79.1 Å². The van der Waals surface area contributed by atoms with Crippen LogP contribution in [0.25, 0.3) is 6.08 Å². The number of hydrogen-bond donors (Lipinski definition) is 0. The Hall–Kier alpha value is -3.65. The summed E-state index contributed by atoms with van der Waals surface area (Å²) in [5.41, 5.74) is 3.45. The van der Waals surface area contributed by atoms with Gasteiger partial charge in [0.1, 0.15) is 0 Å². The molecule has 33 heavy (non-hydrogen) atoms. The van der Waals surface area contributed by atoms with E-state index in [1.54, 1.807) is 24.5 Å².